The van der Waals surface area contributed by atoms with Gasteiger partial charge in [-0.15, -0.1) is 0 Å². The van der Waals surface area contributed by atoms with Crippen molar-refractivity contribution in [2.45, 2.75) is 71.6 Å². The molecule has 0 radical (unpaired) electrons. The Hall–Kier alpha value is -2.50. The monoisotopic (exact) mass is 446 g/mol. The Morgan fingerprint density at radius 2 is 1.69 bits per heavy atom. The zero-order valence-corrected chi connectivity index (χ0v) is 18.6. The van der Waals surface area contributed by atoms with Crippen molar-refractivity contribution >= 4 is 5.97 Å². The fraction of sp³-hybridized carbons (Fsp3) is 0.500. The number of hydrogen-bond acceptors (Lipinski definition) is 3. The molecular formula is C26H29F3O3. The van der Waals surface area contributed by atoms with Crippen molar-refractivity contribution in [2.24, 2.45) is 11.8 Å². The van der Waals surface area contributed by atoms with Gasteiger partial charge >= 0.3 is 5.97 Å². The number of ether oxygens (including phenoxy) is 2. The molecule has 1 fully saturated rings. The van der Waals surface area contributed by atoms with Crippen LogP contribution >= 0.6 is 0 Å². The van der Waals surface area contributed by atoms with Crippen LogP contribution in [0.2, 0.25) is 0 Å². The summed E-state index contributed by atoms with van der Waals surface area (Å²) in [6, 6.07) is 4.61. The summed E-state index contributed by atoms with van der Waals surface area (Å²) in [5.41, 5.74) is 1.27. The van der Waals surface area contributed by atoms with E-state index in [4.69, 9.17) is 9.47 Å². The van der Waals surface area contributed by atoms with E-state index in [9.17, 15) is 13.6 Å². The predicted molar refractivity (Wildman–Crippen MR) is 116 cm³/mol. The lowest BCUT2D eigenvalue weighted by atomic mass is 9.80. The van der Waals surface area contributed by atoms with Crippen molar-refractivity contribution in [1.29, 1.82) is 0 Å². The molecule has 6 heteroatoms. The lowest BCUT2D eigenvalue weighted by Gasteiger charge is -2.27. The van der Waals surface area contributed by atoms with Gasteiger partial charge in [0.15, 0.2) is 23.1 Å². The van der Waals surface area contributed by atoms with Crippen molar-refractivity contribution in [3.8, 4) is 17.2 Å². The first kappa shape index (κ1) is 22.7. The topological polar surface area (TPSA) is 35.5 Å². The quantitative estimate of drug-likeness (QED) is 0.295. The van der Waals surface area contributed by atoms with E-state index in [2.05, 4.69) is 6.92 Å². The highest BCUT2D eigenvalue weighted by Crippen LogP contribution is 2.44. The molecule has 1 aliphatic heterocycles. The normalized spacial score (nSPS) is 19.7. The Morgan fingerprint density at radius 3 is 2.38 bits per heavy atom. The van der Waals surface area contributed by atoms with Crippen molar-refractivity contribution in [2.75, 3.05) is 0 Å². The maximum Gasteiger partial charge on any atom is 0.314 e. The second-order valence-electron chi connectivity index (χ2n) is 8.97. The van der Waals surface area contributed by atoms with Crippen LogP contribution in [0, 0.1) is 29.3 Å². The Labute approximate surface area is 186 Å². The molecule has 1 saturated carbocycles. The van der Waals surface area contributed by atoms with Crippen molar-refractivity contribution in [3.63, 3.8) is 0 Å². The van der Waals surface area contributed by atoms with Gasteiger partial charge in [-0.25, -0.2) is 4.39 Å². The zero-order valence-electron chi connectivity index (χ0n) is 18.6. The molecule has 0 saturated heterocycles. The second-order valence-corrected chi connectivity index (χ2v) is 8.97. The molecule has 1 heterocycles. The number of carbonyl (C=O) groups is 1. The minimum Gasteiger partial charge on any atom is -0.450 e. The summed E-state index contributed by atoms with van der Waals surface area (Å²) in [6.45, 7) is 4.04. The van der Waals surface area contributed by atoms with Crippen LogP contribution < -0.4 is 9.47 Å². The van der Waals surface area contributed by atoms with Crippen LogP contribution in [0.4, 0.5) is 13.2 Å². The van der Waals surface area contributed by atoms with E-state index in [0.29, 0.717) is 29.9 Å². The number of fused-ring (bicyclic) bond motifs is 2. The molecule has 0 atom stereocenters. The molecule has 0 unspecified atom stereocenters. The molecule has 0 bridgehead atoms. The fourth-order valence-electron chi connectivity index (χ4n) is 4.91. The van der Waals surface area contributed by atoms with Crippen molar-refractivity contribution < 1.29 is 27.4 Å². The molecule has 0 amide bonds. The van der Waals surface area contributed by atoms with Gasteiger partial charge in [0.2, 0.25) is 11.6 Å². The maximum absolute atomic E-state index is 15.2. The lowest BCUT2D eigenvalue weighted by Crippen LogP contribution is -2.26. The molecule has 4 rings (SSSR count). The van der Waals surface area contributed by atoms with Crippen LogP contribution in [-0.2, 0) is 17.6 Å². The molecule has 32 heavy (non-hydrogen) atoms. The number of halogens is 3. The second kappa shape index (κ2) is 9.55. The van der Waals surface area contributed by atoms with E-state index < -0.39 is 23.4 Å². The van der Waals surface area contributed by atoms with Crippen LogP contribution in [0.3, 0.4) is 0 Å². The molecule has 1 aliphatic carbocycles. The first-order valence-electron chi connectivity index (χ1n) is 11.6. The van der Waals surface area contributed by atoms with Gasteiger partial charge in [0.25, 0.3) is 0 Å². The fourth-order valence-corrected chi connectivity index (χ4v) is 4.91. The Morgan fingerprint density at radius 1 is 0.969 bits per heavy atom. The summed E-state index contributed by atoms with van der Waals surface area (Å²) < 4.78 is 55.0. The highest BCUT2D eigenvalue weighted by atomic mass is 19.2. The van der Waals surface area contributed by atoms with E-state index in [1.165, 1.54) is 6.07 Å². The van der Waals surface area contributed by atoms with Gasteiger partial charge in [-0.2, -0.15) is 8.78 Å². The van der Waals surface area contributed by atoms with Gasteiger partial charge in [-0.1, -0.05) is 39.2 Å². The number of hydrogen-bond donors (Lipinski definition) is 0. The third kappa shape index (κ3) is 4.37. The Balaban J connectivity index is 1.52. The molecule has 2 aromatic carbocycles. The zero-order chi connectivity index (χ0) is 22.8. The summed E-state index contributed by atoms with van der Waals surface area (Å²) in [5, 5.41) is 0. The smallest absolute Gasteiger partial charge is 0.314 e. The molecule has 0 spiro atoms. The van der Waals surface area contributed by atoms with Crippen LogP contribution in [0.15, 0.2) is 18.2 Å². The standard InChI is InChI=1S/C26H29F3O3/c1-3-5-15-7-9-16(10-8-15)26(30)31-20-12-11-18-14-19-13-17(6-4-2)21(27)23(29)25(19)32-24(18)22(20)28/h11-13,15-16H,3-10,14H2,1-2H3. The van der Waals surface area contributed by atoms with E-state index >= 15 is 4.39 Å². The predicted octanol–water partition coefficient (Wildman–Crippen LogP) is 7.26. The molecule has 0 aromatic heterocycles. The largest absolute Gasteiger partial charge is 0.450 e. The van der Waals surface area contributed by atoms with Crippen molar-refractivity contribution in [3.05, 3.63) is 52.3 Å². The molecule has 172 valence electrons. The Kier molecular flexibility index (Phi) is 6.77. The summed E-state index contributed by atoms with van der Waals surface area (Å²) >= 11 is 0. The van der Waals surface area contributed by atoms with E-state index in [1.54, 1.807) is 12.1 Å². The average Bonchev–Trinajstić information content (AvgIpc) is 2.79. The molecule has 2 aromatic rings. The summed E-state index contributed by atoms with van der Waals surface area (Å²) in [6.07, 6.45) is 7.03. The highest BCUT2D eigenvalue weighted by molar-refractivity contribution is 5.75. The number of carbonyl (C=O) groups excluding carboxylic acids is 1. The van der Waals surface area contributed by atoms with Gasteiger partial charge < -0.3 is 9.47 Å². The van der Waals surface area contributed by atoms with Crippen LogP contribution in [0.1, 0.15) is 75.5 Å². The van der Waals surface area contributed by atoms with Gasteiger partial charge in [0, 0.05) is 17.5 Å². The van der Waals surface area contributed by atoms with Crippen molar-refractivity contribution in [1.82, 2.24) is 0 Å². The van der Waals surface area contributed by atoms with Crippen LogP contribution in [0.5, 0.6) is 17.2 Å². The molecular weight excluding hydrogens is 417 g/mol. The molecule has 2 aliphatic rings. The third-order valence-electron chi connectivity index (χ3n) is 6.65. The van der Waals surface area contributed by atoms with E-state index in [0.717, 1.165) is 38.5 Å². The number of aryl methyl sites for hydroxylation is 1. The SMILES string of the molecule is CCCc1cc2c(c(F)c1F)Oc1c(ccc(OC(=O)C3CCC(CCC)CC3)c1F)C2. The average molecular weight is 447 g/mol. The van der Waals surface area contributed by atoms with Gasteiger partial charge in [-0.05, 0) is 55.7 Å². The number of esters is 1. The first-order valence-corrected chi connectivity index (χ1v) is 11.6. The van der Waals surface area contributed by atoms with E-state index in [-0.39, 0.29) is 35.2 Å². The van der Waals surface area contributed by atoms with Crippen LogP contribution in [-0.4, -0.2) is 5.97 Å². The molecule has 3 nitrogen and oxygen atoms in total. The highest BCUT2D eigenvalue weighted by Gasteiger charge is 2.31. The van der Waals surface area contributed by atoms with E-state index in [1.807, 2.05) is 6.92 Å². The lowest BCUT2D eigenvalue weighted by molar-refractivity contribution is -0.140. The summed E-state index contributed by atoms with van der Waals surface area (Å²) in [7, 11) is 0. The van der Waals surface area contributed by atoms with Gasteiger partial charge in [-0.3, -0.25) is 4.79 Å². The summed E-state index contributed by atoms with van der Waals surface area (Å²) in [5.74, 6) is -3.73. The number of benzene rings is 2. The first-order chi connectivity index (χ1) is 15.4. The van der Waals surface area contributed by atoms with Gasteiger partial charge in [0.1, 0.15) is 0 Å². The minimum absolute atomic E-state index is 0.212. The molecule has 0 N–H and O–H groups in total. The third-order valence-corrected chi connectivity index (χ3v) is 6.65. The van der Waals surface area contributed by atoms with Crippen LogP contribution in [0.25, 0.3) is 0 Å². The maximum atomic E-state index is 15.2. The van der Waals surface area contributed by atoms with Gasteiger partial charge in [0.05, 0.1) is 5.92 Å². The summed E-state index contributed by atoms with van der Waals surface area (Å²) in [4.78, 5) is 12.6. The number of rotatable bonds is 6. The Bertz CT molecular complexity index is 1010. The minimum atomic E-state index is -1.11.